The van der Waals surface area contributed by atoms with Crippen LogP contribution in [-0.2, 0) is 10.5 Å². The van der Waals surface area contributed by atoms with Crippen molar-refractivity contribution in [2.75, 3.05) is 7.05 Å². The lowest BCUT2D eigenvalue weighted by Crippen LogP contribution is -2.57. The second-order valence-electron chi connectivity index (χ2n) is 5.97. The summed E-state index contributed by atoms with van der Waals surface area (Å²) >= 11 is 0. The van der Waals surface area contributed by atoms with E-state index in [9.17, 15) is 9.59 Å². The molecule has 4 heteroatoms. The van der Waals surface area contributed by atoms with Crippen molar-refractivity contribution in [2.45, 2.75) is 12.6 Å². The van der Waals surface area contributed by atoms with E-state index >= 15 is 0 Å². The normalized spacial score (nSPS) is 22.3. The molecule has 2 aliphatic heterocycles. The highest BCUT2D eigenvalue weighted by atomic mass is 16.2. The van der Waals surface area contributed by atoms with Gasteiger partial charge in [-0.15, -0.1) is 0 Å². The van der Waals surface area contributed by atoms with Crippen molar-refractivity contribution >= 4 is 11.8 Å². The van der Waals surface area contributed by atoms with Crippen molar-refractivity contribution in [1.29, 1.82) is 0 Å². The smallest absolute Gasteiger partial charge is 0.260 e. The fraction of sp³-hybridized carbons (Fsp3) is 0.158. The van der Waals surface area contributed by atoms with Gasteiger partial charge in [-0.2, -0.15) is 0 Å². The Bertz CT molecular complexity index is 854. The monoisotopic (exact) mass is 304 g/mol. The summed E-state index contributed by atoms with van der Waals surface area (Å²) in [5.41, 5.74) is 2.61. The number of amides is 2. The summed E-state index contributed by atoms with van der Waals surface area (Å²) in [7, 11) is 1.74. The maximum absolute atomic E-state index is 12.9. The average Bonchev–Trinajstić information content (AvgIpc) is 2.83. The van der Waals surface area contributed by atoms with Crippen molar-refractivity contribution in [1.82, 2.24) is 9.80 Å². The molecule has 2 aromatic rings. The van der Waals surface area contributed by atoms with Gasteiger partial charge >= 0.3 is 0 Å². The summed E-state index contributed by atoms with van der Waals surface area (Å²) < 4.78 is 0. The lowest BCUT2D eigenvalue weighted by molar-refractivity contribution is -0.135. The number of fused-ring (bicyclic) bond motifs is 3. The van der Waals surface area contributed by atoms with Gasteiger partial charge in [0.1, 0.15) is 0 Å². The first-order valence-corrected chi connectivity index (χ1v) is 7.53. The molecule has 0 spiro atoms. The third-order valence-electron chi connectivity index (χ3n) is 4.74. The molecule has 2 amide bonds. The third kappa shape index (κ3) is 1.60. The predicted octanol–water partition coefficient (Wildman–Crippen LogP) is 2.64. The van der Waals surface area contributed by atoms with Crippen LogP contribution in [-0.4, -0.2) is 28.7 Å². The molecule has 23 heavy (non-hydrogen) atoms. The Kier molecular flexibility index (Phi) is 2.73. The highest BCUT2D eigenvalue weighted by Gasteiger charge is 2.55. The maximum atomic E-state index is 12.9. The van der Waals surface area contributed by atoms with Crippen LogP contribution >= 0.6 is 0 Å². The molecule has 2 aliphatic rings. The molecule has 0 unspecified atom stereocenters. The quantitative estimate of drug-likeness (QED) is 0.812. The highest BCUT2D eigenvalue weighted by molar-refractivity contribution is 6.04. The van der Waals surface area contributed by atoms with Crippen molar-refractivity contribution in [3.8, 4) is 0 Å². The molecule has 1 atom stereocenters. The maximum Gasteiger partial charge on any atom is 0.260 e. The first-order chi connectivity index (χ1) is 11.1. The number of carbonyl (C=O) groups is 2. The van der Waals surface area contributed by atoms with Gasteiger partial charge in [-0.1, -0.05) is 48.0 Å². The minimum Gasteiger partial charge on any atom is -0.311 e. The standard InChI is InChI=1S/C19H16N2O2/c1-13-7-9-14(10-8-13)19-16-6-4-3-5-15(16)18(23)21(19)12-11-17(22)20(19)2/h3-12H,1-2H3/t19-/m0/s1. The first-order valence-electron chi connectivity index (χ1n) is 7.53. The Morgan fingerprint density at radius 3 is 2.39 bits per heavy atom. The van der Waals surface area contributed by atoms with Crippen LogP contribution in [0, 0.1) is 6.92 Å². The van der Waals surface area contributed by atoms with Gasteiger partial charge in [0.15, 0.2) is 5.66 Å². The Morgan fingerprint density at radius 1 is 0.957 bits per heavy atom. The molecule has 0 radical (unpaired) electrons. The highest BCUT2D eigenvalue weighted by Crippen LogP contribution is 2.47. The Labute approximate surface area is 134 Å². The summed E-state index contributed by atoms with van der Waals surface area (Å²) in [6.07, 6.45) is 3.04. The van der Waals surface area contributed by atoms with Gasteiger partial charge in [0.05, 0.1) is 0 Å². The van der Waals surface area contributed by atoms with E-state index in [0.29, 0.717) is 5.56 Å². The van der Waals surface area contributed by atoms with Gasteiger partial charge in [0.25, 0.3) is 5.91 Å². The fourth-order valence-corrected chi connectivity index (χ4v) is 3.58. The summed E-state index contributed by atoms with van der Waals surface area (Å²) in [5, 5.41) is 0. The third-order valence-corrected chi connectivity index (χ3v) is 4.74. The van der Waals surface area contributed by atoms with Crippen molar-refractivity contribution in [3.05, 3.63) is 83.1 Å². The van der Waals surface area contributed by atoms with Crippen LogP contribution in [0.4, 0.5) is 0 Å². The average molecular weight is 304 g/mol. The zero-order chi connectivity index (χ0) is 16.2. The number of carbonyl (C=O) groups excluding carboxylic acids is 2. The SMILES string of the molecule is Cc1ccc([C@@]23c4ccccc4C(=O)N2C=CC(=O)N3C)cc1. The summed E-state index contributed by atoms with van der Waals surface area (Å²) in [5.74, 6) is -0.205. The summed E-state index contributed by atoms with van der Waals surface area (Å²) in [4.78, 5) is 28.6. The molecule has 0 aliphatic carbocycles. The van der Waals surface area contributed by atoms with E-state index in [0.717, 1.165) is 16.7 Å². The Balaban J connectivity index is 2.08. The van der Waals surface area contributed by atoms with Gasteiger partial charge in [0, 0.05) is 36.0 Å². The molecule has 2 heterocycles. The van der Waals surface area contributed by atoms with Crippen LogP contribution in [0.25, 0.3) is 0 Å². The van der Waals surface area contributed by atoms with Crippen LogP contribution in [0.15, 0.2) is 60.8 Å². The van der Waals surface area contributed by atoms with Crippen LogP contribution in [0.5, 0.6) is 0 Å². The number of nitrogens with zero attached hydrogens (tertiary/aromatic N) is 2. The number of aryl methyl sites for hydroxylation is 1. The zero-order valence-electron chi connectivity index (χ0n) is 13.0. The Morgan fingerprint density at radius 2 is 1.65 bits per heavy atom. The predicted molar refractivity (Wildman–Crippen MR) is 86.5 cm³/mol. The van der Waals surface area contributed by atoms with E-state index in [-0.39, 0.29) is 11.8 Å². The molecule has 0 bridgehead atoms. The van der Waals surface area contributed by atoms with Crippen LogP contribution in [0.3, 0.4) is 0 Å². The molecule has 114 valence electrons. The number of hydrogen-bond acceptors (Lipinski definition) is 2. The van der Waals surface area contributed by atoms with Gasteiger partial charge in [-0.25, -0.2) is 0 Å². The molecule has 4 nitrogen and oxygen atoms in total. The number of rotatable bonds is 1. The molecule has 2 aromatic carbocycles. The van der Waals surface area contributed by atoms with Gasteiger partial charge < -0.3 is 4.90 Å². The minimum absolute atomic E-state index is 0.0863. The van der Waals surface area contributed by atoms with Crippen LogP contribution < -0.4 is 0 Å². The number of hydrogen-bond donors (Lipinski definition) is 0. The number of benzene rings is 2. The van der Waals surface area contributed by atoms with Gasteiger partial charge in [-0.3, -0.25) is 14.5 Å². The van der Waals surface area contributed by atoms with E-state index in [1.165, 1.54) is 6.08 Å². The molecule has 0 saturated heterocycles. The molecule has 0 N–H and O–H groups in total. The van der Waals surface area contributed by atoms with Crippen molar-refractivity contribution < 1.29 is 9.59 Å². The molecule has 0 fully saturated rings. The second kappa shape index (κ2) is 4.56. The van der Waals surface area contributed by atoms with Crippen LogP contribution in [0.2, 0.25) is 0 Å². The van der Waals surface area contributed by atoms with E-state index in [1.807, 2.05) is 55.5 Å². The largest absolute Gasteiger partial charge is 0.311 e. The lowest BCUT2D eigenvalue weighted by Gasteiger charge is -2.46. The topological polar surface area (TPSA) is 40.6 Å². The number of likely N-dealkylation sites (N-methyl/N-ethyl adjacent to an activating group) is 1. The molecule has 4 rings (SSSR count). The van der Waals surface area contributed by atoms with Gasteiger partial charge in [0.2, 0.25) is 5.91 Å². The molecule has 0 aromatic heterocycles. The molecular formula is C19H16N2O2. The van der Waals surface area contributed by atoms with E-state index < -0.39 is 5.66 Å². The lowest BCUT2D eigenvalue weighted by atomic mass is 9.88. The first kappa shape index (κ1) is 13.8. The van der Waals surface area contributed by atoms with Crippen molar-refractivity contribution in [3.63, 3.8) is 0 Å². The minimum atomic E-state index is -0.910. The fourth-order valence-electron chi connectivity index (χ4n) is 3.58. The summed E-state index contributed by atoms with van der Waals surface area (Å²) in [6.45, 7) is 2.02. The van der Waals surface area contributed by atoms with E-state index in [4.69, 9.17) is 0 Å². The van der Waals surface area contributed by atoms with Gasteiger partial charge in [-0.05, 0) is 13.0 Å². The zero-order valence-corrected chi connectivity index (χ0v) is 13.0. The van der Waals surface area contributed by atoms with E-state index in [1.54, 1.807) is 23.0 Å². The second-order valence-corrected chi connectivity index (χ2v) is 5.97. The van der Waals surface area contributed by atoms with Crippen molar-refractivity contribution in [2.24, 2.45) is 0 Å². The Hall–Kier alpha value is -2.88. The molecular weight excluding hydrogens is 288 g/mol. The van der Waals surface area contributed by atoms with Crippen LogP contribution in [0.1, 0.15) is 27.0 Å². The molecule has 0 saturated carbocycles. The van der Waals surface area contributed by atoms with E-state index in [2.05, 4.69) is 0 Å². The summed E-state index contributed by atoms with van der Waals surface area (Å²) in [6, 6.07) is 15.5.